The summed E-state index contributed by atoms with van der Waals surface area (Å²) in [5, 5.41) is 11.6. The Bertz CT molecular complexity index is 281. The standard InChI is InChI=1S/C10H16N2O3/c1-14-10-4-2-3-9(12-10)11-5-7-15-8-6-13/h2-4,13H,5-8H2,1H3,(H,11,12). The molecular weight excluding hydrogens is 196 g/mol. The van der Waals surface area contributed by atoms with Crippen LogP contribution in [0.3, 0.4) is 0 Å². The molecule has 0 aliphatic carbocycles. The number of nitrogens with zero attached hydrogens (tertiary/aromatic N) is 1. The molecule has 0 bridgehead atoms. The van der Waals surface area contributed by atoms with Crippen LogP contribution in [0.15, 0.2) is 18.2 Å². The van der Waals surface area contributed by atoms with E-state index in [0.717, 1.165) is 5.82 Å². The summed E-state index contributed by atoms with van der Waals surface area (Å²) in [6, 6.07) is 5.50. The molecular formula is C10H16N2O3. The van der Waals surface area contributed by atoms with Crippen LogP contribution < -0.4 is 10.1 Å². The van der Waals surface area contributed by atoms with Gasteiger partial charge in [0.25, 0.3) is 0 Å². The molecule has 1 aromatic rings. The molecule has 0 radical (unpaired) electrons. The van der Waals surface area contributed by atoms with Crippen LogP contribution in [0.4, 0.5) is 5.82 Å². The molecule has 1 aromatic heterocycles. The Morgan fingerprint density at radius 1 is 1.40 bits per heavy atom. The van der Waals surface area contributed by atoms with Crippen molar-refractivity contribution in [1.29, 1.82) is 0 Å². The van der Waals surface area contributed by atoms with Crippen molar-refractivity contribution in [2.75, 3.05) is 38.8 Å². The molecule has 2 N–H and O–H groups in total. The van der Waals surface area contributed by atoms with Gasteiger partial charge in [-0.3, -0.25) is 0 Å². The molecule has 0 aliphatic heterocycles. The summed E-state index contributed by atoms with van der Waals surface area (Å²) in [6.07, 6.45) is 0. The van der Waals surface area contributed by atoms with E-state index in [1.54, 1.807) is 13.2 Å². The fourth-order valence-electron chi connectivity index (χ4n) is 1.04. The Balaban J connectivity index is 2.24. The predicted molar refractivity (Wildman–Crippen MR) is 57.2 cm³/mol. The molecule has 0 atom stereocenters. The van der Waals surface area contributed by atoms with E-state index in [1.807, 2.05) is 12.1 Å². The molecule has 0 saturated carbocycles. The van der Waals surface area contributed by atoms with Crippen molar-refractivity contribution in [2.24, 2.45) is 0 Å². The third-order valence-electron chi connectivity index (χ3n) is 1.72. The molecule has 0 spiro atoms. The summed E-state index contributed by atoms with van der Waals surface area (Å²) in [5.41, 5.74) is 0. The van der Waals surface area contributed by atoms with Crippen LogP contribution in [0.5, 0.6) is 5.88 Å². The second kappa shape index (κ2) is 7.03. The number of methoxy groups -OCH3 is 1. The monoisotopic (exact) mass is 212 g/mol. The predicted octanol–water partition coefficient (Wildman–Crippen LogP) is 0.511. The molecule has 0 saturated heterocycles. The Labute approximate surface area is 89.0 Å². The van der Waals surface area contributed by atoms with Crippen molar-refractivity contribution < 1.29 is 14.6 Å². The van der Waals surface area contributed by atoms with Gasteiger partial charge in [0, 0.05) is 12.6 Å². The number of hydrogen-bond acceptors (Lipinski definition) is 5. The second-order valence-corrected chi connectivity index (χ2v) is 2.83. The van der Waals surface area contributed by atoms with E-state index in [-0.39, 0.29) is 6.61 Å². The van der Waals surface area contributed by atoms with Crippen LogP contribution in [0, 0.1) is 0 Å². The first-order valence-corrected chi connectivity index (χ1v) is 4.80. The number of ether oxygens (including phenoxy) is 2. The highest BCUT2D eigenvalue weighted by atomic mass is 16.5. The van der Waals surface area contributed by atoms with Crippen molar-refractivity contribution >= 4 is 5.82 Å². The van der Waals surface area contributed by atoms with Gasteiger partial charge in [0.1, 0.15) is 5.82 Å². The third-order valence-corrected chi connectivity index (χ3v) is 1.72. The van der Waals surface area contributed by atoms with E-state index in [1.165, 1.54) is 0 Å². The van der Waals surface area contributed by atoms with Crippen molar-refractivity contribution in [1.82, 2.24) is 4.98 Å². The molecule has 0 aromatic carbocycles. The van der Waals surface area contributed by atoms with Gasteiger partial charge in [-0.05, 0) is 6.07 Å². The fourth-order valence-corrected chi connectivity index (χ4v) is 1.04. The molecule has 1 rings (SSSR count). The van der Waals surface area contributed by atoms with Crippen LogP contribution in [-0.2, 0) is 4.74 Å². The first-order valence-electron chi connectivity index (χ1n) is 4.80. The van der Waals surface area contributed by atoms with Gasteiger partial charge in [0.05, 0.1) is 26.9 Å². The van der Waals surface area contributed by atoms with Crippen LogP contribution in [0.2, 0.25) is 0 Å². The van der Waals surface area contributed by atoms with E-state index in [9.17, 15) is 0 Å². The minimum atomic E-state index is 0.0530. The number of hydrogen-bond donors (Lipinski definition) is 2. The van der Waals surface area contributed by atoms with Crippen LogP contribution >= 0.6 is 0 Å². The largest absolute Gasteiger partial charge is 0.481 e. The molecule has 0 aliphatic rings. The molecule has 5 nitrogen and oxygen atoms in total. The maximum Gasteiger partial charge on any atom is 0.214 e. The lowest BCUT2D eigenvalue weighted by Crippen LogP contribution is -2.12. The molecule has 0 fully saturated rings. The lowest BCUT2D eigenvalue weighted by Gasteiger charge is -2.06. The summed E-state index contributed by atoms with van der Waals surface area (Å²) in [7, 11) is 1.58. The first-order chi connectivity index (χ1) is 7.36. The molecule has 0 unspecified atom stereocenters. The first kappa shape index (κ1) is 11.7. The summed E-state index contributed by atoms with van der Waals surface area (Å²) in [6.45, 7) is 1.62. The smallest absolute Gasteiger partial charge is 0.214 e. The zero-order valence-electron chi connectivity index (χ0n) is 8.77. The average Bonchev–Trinajstić information content (AvgIpc) is 2.29. The molecule has 15 heavy (non-hydrogen) atoms. The normalized spacial score (nSPS) is 10.0. The topological polar surface area (TPSA) is 63.6 Å². The maximum atomic E-state index is 8.48. The highest BCUT2D eigenvalue weighted by molar-refractivity contribution is 5.36. The van der Waals surface area contributed by atoms with Crippen molar-refractivity contribution in [3.05, 3.63) is 18.2 Å². The Kier molecular flexibility index (Phi) is 5.50. The number of rotatable bonds is 7. The quantitative estimate of drug-likeness (QED) is 0.645. The SMILES string of the molecule is COc1cccc(NCCOCCO)n1. The summed E-state index contributed by atoms with van der Waals surface area (Å²) < 4.78 is 10.1. The lowest BCUT2D eigenvalue weighted by atomic mass is 10.4. The number of anilines is 1. The van der Waals surface area contributed by atoms with Gasteiger partial charge < -0.3 is 19.9 Å². The van der Waals surface area contributed by atoms with Crippen molar-refractivity contribution in [3.63, 3.8) is 0 Å². The van der Waals surface area contributed by atoms with Crippen LogP contribution in [0.25, 0.3) is 0 Å². The highest BCUT2D eigenvalue weighted by Gasteiger charge is 1.95. The molecule has 0 amide bonds. The number of aromatic nitrogens is 1. The minimum Gasteiger partial charge on any atom is -0.481 e. The van der Waals surface area contributed by atoms with Crippen LogP contribution in [-0.4, -0.2) is 43.6 Å². The molecule has 5 heteroatoms. The van der Waals surface area contributed by atoms with Gasteiger partial charge in [0.15, 0.2) is 0 Å². The minimum absolute atomic E-state index is 0.0530. The van der Waals surface area contributed by atoms with Gasteiger partial charge in [-0.2, -0.15) is 4.98 Å². The van der Waals surface area contributed by atoms with Gasteiger partial charge >= 0.3 is 0 Å². The van der Waals surface area contributed by atoms with Gasteiger partial charge in [-0.1, -0.05) is 6.07 Å². The number of nitrogens with one attached hydrogen (secondary N) is 1. The average molecular weight is 212 g/mol. The van der Waals surface area contributed by atoms with Gasteiger partial charge in [0.2, 0.25) is 5.88 Å². The van der Waals surface area contributed by atoms with Gasteiger partial charge in [-0.15, -0.1) is 0 Å². The second-order valence-electron chi connectivity index (χ2n) is 2.83. The number of aliphatic hydroxyl groups excluding tert-OH is 1. The van der Waals surface area contributed by atoms with E-state index in [4.69, 9.17) is 14.6 Å². The lowest BCUT2D eigenvalue weighted by molar-refractivity contribution is 0.0992. The number of aliphatic hydroxyl groups is 1. The van der Waals surface area contributed by atoms with E-state index in [2.05, 4.69) is 10.3 Å². The van der Waals surface area contributed by atoms with Crippen molar-refractivity contribution in [3.8, 4) is 5.88 Å². The summed E-state index contributed by atoms with van der Waals surface area (Å²) in [4.78, 5) is 4.17. The zero-order valence-corrected chi connectivity index (χ0v) is 8.77. The Hall–Kier alpha value is -1.33. The summed E-state index contributed by atoms with van der Waals surface area (Å²) in [5.74, 6) is 1.33. The number of pyridine rings is 1. The van der Waals surface area contributed by atoms with E-state index < -0.39 is 0 Å². The zero-order chi connectivity index (χ0) is 10.9. The maximum absolute atomic E-state index is 8.48. The van der Waals surface area contributed by atoms with E-state index >= 15 is 0 Å². The Morgan fingerprint density at radius 2 is 2.27 bits per heavy atom. The summed E-state index contributed by atoms with van der Waals surface area (Å²) >= 11 is 0. The molecule has 84 valence electrons. The van der Waals surface area contributed by atoms with E-state index in [0.29, 0.717) is 25.6 Å². The molecule has 1 heterocycles. The van der Waals surface area contributed by atoms with Gasteiger partial charge in [-0.25, -0.2) is 0 Å². The van der Waals surface area contributed by atoms with Crippen LogP contribution in [0.1, 0.15) is 0 Å². The highest BCUT2D eigenvalue weighted by Crippen LogP contribution is 2.09. The fraction of sp³-hybridized carbons (Fsp3) is 0.500. The Morgan fingerprint density at radius 3 is 3.00 bits per heavy atom. The third kappa shape index (κ3) is 4.62. The van der Waals surface area contributed by atoms with Crippen molar-refractivity contribution in [2.45, 2.75) is 0 Å².